The SMILES string of the molecule is O=C1CCC(N2C(=O)c3ccc(NCC4CC(n5cc(-c6cc7[nH]ccc7cn6)c(C6CC6)n5)C4)cc3C2=O)C(=O)N1. The van der Waals surface area contributed by atoms with Crippen LogP contribution in [-0.4, -0.2) is 60.9 Å². The van der Waals surface area contributed by atoms with Crippen LogP contribution in [-0.2, 0) is 9.59 Å². The van der Waals surface area contributed by atoms with Gasteiger partial charge in [0.2, 0.25) is 11.8 Å². The van der Waals surface area contributed by atoms with Crippen LogP contribution in [0.2, 0.25) is 0 Å². The van der Waals surface area contributed by atoms with Crippen molar-refractivity contribution in [2.24, 2.45) is 5.92 Å². The first-order chi connectivity index (χ1) is 20.4. The molecule has 4 amide bonds. The number of carbonyl (C=O) groups is 4. The number of carbonyl (C=O) groups excluding carboxylic acids is 4. The predicted molar refractivity (Wildman–Crippen MR) is 153 cm³/mol. The van der Waals surface area contributed by atoms with Gasteiger partial charge in [-0.15, -0.1) is 0 Å². The third kappa shape index (κ3) is 4.10. The Morgan fingerprint density at radius 3 is 2.60 bits per heavy atom. The van der Waals surface area contributed by atoms with E-state index in [4.69, 9.17) is 10.1 Å². The van der Waals surface area contributed by atoms with E-state index in [0.29, 0.717) is 17.9 Å². The molecule has 1 unspecified atom stereocenters. The van der Waals surface area contributed by atoms with E-state index >= 15 is 0 Å². The van der Waals surface area contributed by atoms with Gasteiger partial charge < -0.3 is 10.3 Å². The maximum atomic E-state index is 13.1. The number of aromatic nitrogens is 4. The summed E-state index contributed by atoms with van der Waals surface area (Å²) in [7, 11) is 0. The first-order valence-corrected chi connectivity index (χ1v) is 14.5. The van der Waals surface area contributed by atoms with Crippen LogP contribution in [0.3, 0.4) is 0 Å². The second-order valence-corrected chi connectivity index (χ2v) is 11.9. The lowest BCUT2D eigenvalue weighted by molar-refractivity contribution is -0.136. The summed E-state index contributed by atoms with van der Waals surface area (Å²) >= 11 is 0. The van der Waals surface area contributed by atoms with E-state index in [9.17, 15) is 19.2 Å². The molecule has 2 aliphatic heterocycles. The fourth-order valence-corrected chi connectivity index (χ4v) is 6.47. The summed E-state index contributed by atoms with van der Waals surface area (Å²) in [6.07, 6.45) is 10.6. The van der Waals surface area contributed by atoms with Crippen LogP contribution in [0.5, 0.6) is 0 Å². The van der Waals surface area contributed by atoms with Gasteiger partial charge in [-0.05, 0) is 68.4 Å². The lowest BCUT2D eigenvalue weighted by Gasteiger charge is -2.35. The van der Waals surface area contributed by atoms with Crippen molar-refractivity contribution in [1.29, 1.82) is 0 Å². The summed E-state index contributed by atoms with van der Waals surface area (Å²) in [6, 6.07) is 8.62. The Kier molecular flexibility index (Phi) is 5.56. The normalized spacial score (nSPS) is 23.7. The maximum absolute atomic E-state index is 13.1. The number of anilines is 1. The molecule has 2 saturated carbocycles. The summed E-state index contributed by atoms with van der Waals surface area (Å²) in [5.74, 6) is -1.02. The Morgan fingerprint density at radius 1 is 0.952 bits per heavy atom. The highest BCUT2D eigenvalue weighted by Crippen LogP contribution is 2.45. The molecular formula is C31H29N7O4. The molecule has 11 heteroatoms. The molecule has 11 nitrogen and oxygen atoms in total. The summed E-state index contributed by atoms with van der Waals surface area (Å²) in [6.45, 7) is 0.739. The molecule has 42 heavy (non-hydrogen) atoms. The van der Waals surface area contributed by atoms with Crippen molar-refractivity contribution >= 4 is 40.2 Å². The van der Waals surface area contributed by atoms with Gasteiger partial charge in [-0.2, -0.15) is 5.10 Å². The van der Waals surface area contributed by atoms with Crippen molar-refractivity contribution < 1.29 is 19.2 Å². The average Bonchev–Trinajstić information content (AvgIpc) is 3.44. The standard InChI is InChI=1S/C31H29N7O4/c39-27-6-5-26(29(40)35-27)38-30(41)21-4-3-19(11-22(21)31(38)42)33-13-16-9-20(10-16)37-15-23(28(36-37)17-1-2-17)25-12-24-18(14-34-25)7-8-32-24/h3-4,7-8,11-12,14-17,20,26,32-33H,1-2,5-6,9-10,13H2,(H,35,39,40). The van der Waals surface area contributed by atoms with Gasteiger partial charge in [-0.1, -0.05) is 0 Å². The van der Waals surface area contributed by atoms with Gasteiger partial charge in [0.1, 0.15) is 6.04 Å². The zero-order valence-corrected chi connectivity index (χ0v) is 22.8. The molecule has 3 aromatic heterocycles. The summed E-state index contributed by atoms with van der Waals surface area (Å²) in [5, 5.41) is 11.8. The summed E-state index contributed by atoms with van der Waals surface area (Å²) < 4.78 is 2.13. The van der Waals surface area contributed by atoms with E-state index in [-0.39, 0.29) is 29.9 Å². The van der Waals surface area contributed by atoms with Gasteiger partial charge in [0.25, 0.3) is 11.8 Å². The number of nitrogens with one attached hydrogen (secondary N) is 3. The van der Waals surface area contributed by atoms with Crippen LogP contribution < -0.4 is 10.6 Å². The maximum Gasteiger partial charge on any atom is 0.262 e. The Labute approximate surface area is 240 Å². The Balaban J connectivity index is 0.921. The number of benzene rings is 1. The molecule has 0 bridgehead atoms. The number of imide groups is 2. The third-order valence-corrected chi connectivity index (χ3v) is 9.06. The van der Waals surface area contributed by atoms with Crippen LogP contribution in [0.1, 0.15) is 76.9 Å². The molecule has 1 aromatic carbocycles. The molecule has 8 rings (SSSR count). The lowest BCUT2D eigenvalue weighted by atomic mass is 9.80. The molecule has 4 aliphatic rings. The van der Waals surface area contributed by atoms with Crippen LogP contribution >= 0.6 is 0 Å². The van der Waals surface area contributed by atoms with Gasteiger partial charge in [0.05, 0.1) is 28.6 Å². The molecule has 3 fully saturated rings. The van der Waals surface area contributed by atoms with E-state index in [1.165, 1.54) is 12.8 Å². The lowest BCUT2D eigenvalue weighted by Crippen LogP contribution is -2.54. The highest BCUT2D eigenvalue weighted by atomic mass is 16.2. The molecule has 2 aliphatic carbocycles. The van der Waals surface area contributed by atoms with Crippen molar-refractivity contribution in [3.63, 3.8) is 0 Å². The first-order valence-electron chi connectivity index (χ1n) is 14.5. The zero-order chi connectivity index (χ0) is 28.5. The number of nitrogens with zero attached hydrogens (tertiary/aromatic N) is 4. The van der Waals surface area contributed by atoms with Crippen molar-refractivity contribution in [2.75, 3.05) is 11.9 Å². The average molecular weight is 564 g/mol. The van der Waals surface area contributed by atoms with Gasteiger partial charge in [0.15, 0.2) is 0 Å². The molecule has 212 valence electrons. The number of hydrogen-bond donors (Lipinski definition) is 3. The van der Waals surface area contributed by atoms with E-state index in [1.54, 1.807) is 18.2 Å². The van der Waals surface area contributed by atoms with Crippen molar-refractivity contribution in [2.45, 2.75) is 56.5 Å². The third-order valence-electron chi connectivity index (χ3n) is 9.06. The fourth-order valence-electron chi connectivity index (χ4n) is 6.47. The van der Waals surface area contributed by atoms with E-state index in [2.05, 4.69) is 32.6 Å². The van der Waals surface area contributed by atoms with Crippen molar-refractivity contribution in [3.8, 4) is 11.3 Å². The predicted octanol–water partition coefficient (Wildman–Crippen LogP) is 3.77. The quantitative estimate of drug-likeness (QED) is 0.291. The smallest absolute Gasteiger partial charge is 0.262 e. The number of aromatic amines is 1. The van der Waals surface area contributed by atoms with Gasteiger partial charge >= 0.3 is 0 Å². The highest BCUT2D eigenvalue weighted by molar-refractivity contribution is 6.23. The second-order valence-electron chi connectivity index (χ2n) is 11.9. The number of pyridine rings is 1. The number of amides is 4. The minimum absolute atomic E-state index is 0.0981. The monoisotopic (exact) mass is 563 g/mol. The molecule has 0 radical (unpaired) electrons. The number of H-pyrrole nitrogens is 1. The summed E-state index contributed by atoms with van der Waals surface area (Å²) in [4.78, 5) is 58.9. The van der Waals surface area contributed by atoms with Gasteiger partial charge in [-0.25, -0.2) is 0 Å². The summed E-state index contributed by atoms with van der Waals surface area (Å²) in [5.41, 5.74) is 5.63. The van der Waals surface area contributed by atoms with E-state index < -0.39 is 23.8 Å². The molecule has 0 spiro atoms. The van der Waals surface area contributed by atoms with Crippen LogP contribution in [0.4, 0.5) is 5.69 Å². The molecule has 5 heterocycles. The number of fused-ring (bicyclic) bond motifs is 2. The number of hydrogen-bond acceptors (Lipinski definition) is 7. The Hall–Kier alpha value is -4.80. The molecule has 1 saturated heterocycles. The first kappa shape index (κ1) is 25.0. The van der Waals surface area contributed by atoms with Crippen LogP contribution in [0, 0.1) is 5.92 Å². The van der Waals surface area contributed by atoms with Crippen LogP contribution in [0.25, 0.3) is 22.2 Å². The molecular weight excluding hydrogens is 534 g/mol. The number of piperidine rings is 1. The number of rotatable bonds is 7. The Bertz CT molecular complexity index is 1800. The minimum Gasteiger partial charge on any atom is -0.385 e. The zero-order valence-electron chi connectivity index (χ0n) is 22.8. The molecule has 3 N–H and O–H groups in total. The molecule has 1 atom stereocenters. The Morgan fingerprint density at radius 2 is 1.79 bits per heavy atom. The van der Waals surface area contributed by atoms with E-state index in [1.807, 2.05) is 18.5 Å². The largest absolute Gasteiger partial charge is 0.385 e. The second kappa shape index (κ2) is 9.37. The van der Waals surface area contributed by atoms with E-state index in [0.717, 1.165) is 57.8 Å². The van der Waals surface area contributed by atoms with Crippen molar-refractivity contribution in [1.82, 2.24) is 30.0 Å². The fraction of sp³-hybridized carbons (Fsp3) is 0.355. The topological polar surface area (TPSA) is 142 Å². The van der Waals surface area contributed by atoms with Crippen molar-refractivity contribution in [3.05, 3.63) is 65.7 Å². The highest BCUT2D eigenvalue weighted by Gasteiger charge is 2.44. The minimum atomic E-state index is -0.964. The van der Waals surface area contributed by atoms with Gasteiger partial charge in [-0.3, -0.25) is 39.1 Å². The molecule has 4 aromatic rings. The van der Waals surface area contributed by atoms with Gasteiger partial charge in [0, 0.05) is 59.6 Å². The van der Waals surface area contributed by atoms with Crippen LogP contribution in [0.15, 0.2) is 48.9 Å².